The van der Waals surface area contributed by atoms with Gasteiger partial charge >= 0.3 is 17.9 Å². The quantitative estimate of drug-likeness (QED) is 0.0261. The molecular weight excluding hydrogens is 877 g/mol. The summed E-state index contributed by atoms with van der Waals surface area (Å²) in [5.74, 6) is -0.879. The second-order valence-corrected chi connectivity index (χ2v) is 20.6. The maximum absolute atomic E-state index is 12.8. The zero-order valence-corrected chi connectivity index (χ0v) is 47.2. The van der Waals surface area contributed by atoms with E-state index in [4.69, 9.17) is 14.2 Å². The Hall–Kier alpha value is -2.89. The minimum atomic E-state index is -0.771. The van der Waals surface area contributed by atoms with Crippen LogP contribution in [0.15, 0.2) is 60.8 Å². The molecule has 1 unspecified atom stereocenters. The molecule has 0 bridgehead atoms. The predicted molar refractivity (Wildman–Crippen MR) is 307 cm³/mol. The molecule has 6 heteroatoms. The number of carbonyl (C=O) groups excluding carboxylic acids is 3. The summed E-state index contributed by atoms with van der Waals surface area (Å²) in [4.78, 5) is 37.9. The van der Waals surface area contributed by atoms with Gasteiger partial charge in [0, 0.05) is 19.3 Å². The number of ether oxygens (including phenoxy) is 3. The predicted octanol–water partition coefficient (Wildman–Crippen LogP) is 20.8. The summed E-state index contributed by atoms with van der Waals surface area (Å²) in [5, 5.41) is 0. The first-order valence-electron chi connectivity index (χ1n) is 30.8. The van der Waals surface area contributed by atoms with Gasteiger partial charge in [-0.1, -0.05) is 293 Å². The van der Waals surface area contributed by atoms with Gasteiger partial charge in [-0.15, -0.1) is 0 Å². The number of rotatable bonds is 56. The fourth-order valence-corrected chi connectivity index (χ4v) is 8.94. The number of esters is 3. The summed E-state index contributed by atoms with van der Waals surface area (Å²) in [6.45, 7) is 6.48. The zero-order valence-electron chi connectivity index (χ0n) is 47.2. The largest absolute Gasteiger partial charge is 0.462 e. The Balaban J connectivity index is 4.05. The molecule has 0 heterocycles. The van der Waals surface area contributed by atoms with E-state index in [1.165, 1.54) is 173 Å². The van der Waals surface area contributed by atoms with Crippen molar-refractivity contribution < 1.29 is 28.6 Å². The fraction of sp³-hybridized carbons (Fsp3) is 0.800. The third-order valence-electron chi connectivity index (χ3n) is 13.5. The lowest BCUT2D eigenvalue weighted by Gasteiger charge is -2.18. The highest BCUT2D eigenvalue weighted by Gasteiger charge is 2.19. The number of carbonyl (C=O) groups is 3. The highest BCUT2D eigenvalue weighted by atomic mass is 16.6. The molecule has 0 aliphatic rings. The minimum absolute atomic E-state index is 0.0738. The van der Waals surface area contributed by atoms with Crippen LogP contribution in [0.1, 0.15) is 316 Å². The molecule has 71 heavy (non-hydrogen) atoms. The second kappa shape index (κ2) is 59.7. The van der Waals surface area contributed by atoms with Crippen molar-refractivity contribution in [2.45, 2.75) is 322 Å². The van der Waals surface area contributed by atoms with E-state index in [0.29, 0.717) is 19.3 Å². The Kier molecular flexibility index (Phi) is 57.2. The molecule has 0 rings (SSSR count). The van der Waals surface area contributed by atoms with Crippen molar-refractivity contribution >= 4 is 17.9 Å². The van der Waals surface area contributed by atoms with Crippen molar-refractivity contribution in [2.24, 2.45) is 0 Å². The first-order valence-corrected chi connectivity index (χ1v) is 30.8. The van der Waals surface area contributed by atoms with E-state index in [0.717, 1.165) is 103 Å². The standard InChI is InChI=1S/C65H116O6/c1-4-7-10-13-15-17-19-21-23-25-27-29-31-32-34-35-37-39-41-43-45-47-49-52-55-58-64(67)70-61-62(60-69-63(66)57-54-51-12-9-6-3)71-65(68)59-56-53-50-48-46-44-42-40-38-36-33-30-28-26-24-22-20-18-16-14-11-8-5-2/h7,10,15,17,21,23,27,29,32,34,62H,4-6,8-9,11-14,16,18-20,22,24-26,28,30-31,33,35-61H2,1-3H3/b10-7-,17-15-,23-21-,29-27-,34-32-. The van der Waals surface area contributed by atoms with Crippen LogP contribution in [0.5, 0.6) is 0 Å². The van der Waals surface area contributed by atoms with Gasteiger partial charge in [0.2, 0.25) is 0 Å². The molecule has 0 fully saturated rings. The van der Waals surface area contributed by atoms with Gasteiger partial charge in [0.05, 0.1) is 0 Å². The van der Waals surface area contributed by atoms with Crippen molar-refractivity contribution in [1.82, 2.24) is 0 Å². The maximum atomic E-state index is 12.8. The summed E-state index contributed by atoms with van der Waals surface area (Å²) in [7, 11) is 0. The van der Waals surface area contributed by atoms with Gasteiger partial charge in [-0.05, 0) is 64.2 Å². The van der Waals surface area contributed by atoms with Gasteiger partial charge in [0.15, 0.2) is 6.10 Å². The Labute approximate surface area is 440 Å². The van der Waals surface area contributed by atoms with Gasteiger partial charge in [-0.25, -0.2) is 0 Å². The van der Waals surface area contributed by atoms with E-state index in [9.17, 15) is 14.4 Å². The molecule has 412 valence electrons. The number of hydrogen-bond acceptors (Lipinski definition) is 6. The highest BCUT2D eigenvalue weighted by Crippen LogP contribution is 2.17. The summed E-state index contributed by atoms with van der Waals surface area (Å²) in [6, 6.07) is 0. The van der Waals surface area contributed by atoms with Gasteiger partial charge < -0.3 is 14.2 Å². The van der Waals surface area contributed by atoms with E-state index < -0.39 is 6.10 Å². The summed E-state index contributed by atoms with van der Waals surface area (Å²) in [5.41, 5.74) is 0. The van der Waals surface area contributed by atoms with Crippen LogP contribution < -0.4 is 0 Å². The molecule has 0 amide bonds. The molecule has 0 aliphatic heterocycles. The molecule has 6 nitrogen and oxygen atoms in total. The third kappa shape index (κ3) is 57.9. The molecule has 0 N–H and O–H groups in total. The van der Waals surface area contributed by atoms with Gasteiger partial charge in [-0.2, -0.15) is 0 Å². The minimum Gasteiger partial charge on any atom is -0.462 e. The van der Waals surface area contributed by atoms with Crippen molar-refractivity contribution in [3.05, 3.63) is 60.8 Å². The topological polar surface area (TPSA) is 78.9 Å². The van der Waals surface area contributed by atoms with Crippen LogP contribution in [0.3, 0.4) is 0 Å². The normalized spacial score (nSPS) is 12.4. The van der Waals surface area contributed by atoms with Crippen LogP contribution in [0.4, 0.5) is 0 Å². The van der Waals surface area contributed by atoms with Gasteiger partial charge in [-0.3, -0.25) is 14.4 Å². The van der Waals surface area contributed by atoms with Crippen LogP contribution in [0.2, 0.25) is 0 Å². The molecule has 0 saturated heterocycles. The molecule has 1 atom stereocenters. The maximum Gasteiger partial charge on any atom is 0.306 e. The highest BCUT2D eigenvalue weighted by molar-refractivity contribution is 5.71. The van der Waals surface area contributed by atoms with Crippen molar-refractivity contribution in [2.75, 3.05) is 13.2 Å². The van der Waals surface area contributed by atoms with Crippen LogP contribution >= 0.6 is 0 Å². The first-order chi connectivity index (χ1) is 35.0. The average molecular weight is 994 g/mol. The molecule has 0 saturated carbocycles. The molecular formula is C65H116O6. The van der Waals surface area contributed by atoms with Crippen molar-refractivity contribution in [3.63, 3.8) is 0 Å². The van der Waals surface area contributed by atoms with Gasteiger partial charge in [0.25, 0.3) is 0 Å². The lowest BCUT2D eigenvalue weighted by atomic mass is 10.0. The third-order valence-corrected chi connectivity index (χ3v) is 13.5. The fourth-order valence-electron chi connectivity index (χ4n) is 8.94. The van der Waals surface area contributed by atoms with E-state index in [2.05, 4.69) is 81.5 Å². The number of unbranched alkanes of at least 4 members (excludes halogenated alkanes) is 35. The van der Waals surface area contributed by atoms with Gasteiger partial charge in [0.1, 0.15) is 13.2 Å². The first kappa shape index (κ1) is 68.1. The molecule has 0 aromatic rings. The van der Waals surface area contributed by atoms with E-state index in [-0.39, 0.29) is 31.1 Å². The molecule has 0 aromatic carbocycles. The average Bonchev–Trinajstić information content (AvgIpc) is 3.37. The number of hydrogen-bond donors (Lipinski definition) is 0. The lowest BCUT2D eigenvalue weighted by molar-refractivity contribution is -0.167. The van der Waals surface area contributed by atoms with Crippen molar-refractivity contribution in [1.29, 1.82) is 0 Å². The smallest absolute Gasteiger partial charge is 0.306 e. The Morgan fingerprint density at radius 1 is 0.296 bits per heavy atom. The van der Waals surface area contributed by atoms with Crippen LogP contribution in [0.25, 0.3) is 0 Å². The molecule has 0 radical (unpaired) electrons. The summed E-state index contributed by atoms with van der Waals surface area (Å²) < 4.78 is 16.8. The van der Waals surface area contributed by atoms with Crippen LogP contribution in [-0.2, 0) is 28.6 Å². The molecule has 0 aliphatic carbocycles. The van der Waals surface area contributed by atoms with Crippen LogP contribution in [0, 0.1) is 0 Å². The lowest BCUT2D eigenvalue weighted by Crippen LogP contribution is -2.30. The molecule has 0 spiro atoms. The van der Waals surface area contributed by atoms with E-state index in [1.807, 2.05) is 0 Å². The Morgan fingerprint density at radius 3 is 0.859 bits per heavy atom. The Morgan fingerprint density at radius 2 is 0.549 bits per heavy atom. The Bertz CT molecular complexity index is 1280. The van der Waals surface area contributed by atoms with E-state index in [1.54, 1.807) is 0 Å². The summed E-state index contributed by atoms with van der Waals surface area (Å²) >= 11 is 0. The second-order valence-electron chi connectivity index (χ2n) is 20.6. The SMILES string of the molecule is CC/C=C\C/C=C\C/C=C\C/C=C\C/C=C\CCCCCCCCCCCC(=O)OCC(COC(=O)CCCCCCC)OC(=O)CCCCCCCCCCCCCCCCCCCCCCCCC. The number of allylic oxidation sites excluding steroid dienone is 10. The van der Waals surface area contributed by atoms with Crippen molar-refractivity contribution in [3.8, 4) is 0 Å². The zero-order chi connectivity index (χ0) is 51.4. The van der Waals surface area contributed by atoms with E-state index >= 15 is 0 Å². The monoisotopic (exact) mass is 993 g/mol. The van der Waals surface area contributed by atoms with Crippen LogP contribution in [-0.4, -0.2) is 37.2 Å². The summed E-state index contributed by atoms with van der Waals surface area (Å²) in [6.07, 6.45) is 75.6. The molecule has 0 aromatic heterocycles.